The maximum Gasteiger partial charge on any atom is 0.123 e. The Morgan fingerprint density at radius 2 is 1.88 bits per heavy atom. The lowest BCUT2D eigenvalue weighted by atomic mass is 10.2. The van der Waals surface area contributed by atoms with Crippen LogP contribution in [-0.2, 0) is 9.92 Å². The van der Waals surface area contributed by atoms with Gasteiger partial charge in [-0.05, 0) is 24.3 Å². The quantitative estimate of drug-likeness (QED) is 0.756. The van der Waals surface area contributed by atoms with Gasteiger partial charge in [-0.15, -0.1) is 0 Å². The fourth-order valence-corrected chi connectivity index (χ4v) is 2.47. The van der Waals surface area contributed by atoms with Crippen LogP contribution in [0.25, 0.3) is 0 Å². The number of hydrogen-bond acceptors (Lipinski definition) is 4. The lowest BCUT2D eigenvalue weighted by Crippen LogP contribution is -2.43. The Morgan fingerprint density at radius 3 is 2.41 bits per heavy atom. The molecule has 2 rings (SSSR count). The van der Waals surface area contributed by atoms with Crippen molar-refractivity contribution in [1.82, 2.24) is 5.32 Å². The van der Waals surface area contributed by atoms with E-state index in [9.17, 15) is 4.21 Å². The molecule has 1 aliphatic rings. The van der Waals surface area contributed by atoms with Gasteiger partial charge in [0.15, 0.2) is 0 Å². The van der Waals surface area contributed by atoms with Crippen LogP contribution in [0.3, 0.4) is 0 Å². The Bertz CT molecular complexity index is 463. The van der Waals surface area contributed by atoms with Crippen LogP contribution in [0.2, 0.25) is 0 Å². The maximum atomic E-state index is 11.3. The Labute approximate surface area is 102 Å². The number of piperazine rings is 1. The van der Waals surface area contributed by atoms with E-state index < -0.39 is 9.92 Å². The smallest absolute Gasteiger partial charge is 0.123 e. The van der Waals surface area contributed by atoms with Gasteiger partial charge < -0.3 is 10.2 Å². The van der Waals surface area contributed by atoms with Crippen molar-refractivity contribution < 1.29 is 4.21 Å². The van der Waals surface area contributed by atoms with E-state index in [2.05, 4.69) is 14.9 Å². The molecule has 0 bridgehead atoms. The minimum absolute atomic E-state index is 0.728. The summed E-state index contributed by atoms with van der Waals surface area (Å²) in [6.07, 6.45) is 1.37. The molecule has 0 aliphatic carbocycles. The number of anilines is 2. The van der Waals surface area contributed by atoms with Gasteiger partial charge in [-0.2, -0.15) is 0 Å². The Balaban J connectivity index is 2.07. The summed E-state index contributed by atoms with van der Waals surface area (Å²) in [6, 6.07) is 7.74. The highest BCUT2D eigenvalue weighted by atomic mass is 32.2. The van der Waals surface area contributed by atoms with Gasteiger partial charge in [-0.25, -0.2) is 8.99 Å². The molecule has 1 heterocycles. The minimum atomic E-state index is -2.69. The molecule has 0 saturated carbocycles. The van der Waals surface area contributed by atoms with Crippen molar-refractivity contribution in [2.75, 3.05) is 42.1 Å². The first kappa shape index (κ1) is 12.2. The highest BCUT2D eigenvalue weighted by Crippen LogP contribution is 2.18. The van der Waals surface area contributed by atoms with Crippen molar-refractivity contribution in [2.24, 2.45) is 0 Å². The third kappa shape index (κ3) is 3.61. The highest BCUT2D eigenvalue weighted by molar-refractivity contribution is 7.93. The Hall–Kier alpha value is -1.27. The van der Waals surface area contributed by atoms with Crippen LogP contribution >= 0.6 is 0 Å². The molecule has 17 heavy (non-hydrogen) atoms. The van der Waals surface area contributed by atoms with Crippen molar-refractivity contribution >= 4 is 21.3 Å². The van der Waals surface area contributed by atoms with E-state index in [0.29, 0.717) is 0 Å². The average Bonchev–Trinajstić information content (AvgIpc) is 2.29. The van der Waals surface area contributed by atoms with Crippen LogP contribution in [0.1, 0.15) is 0 Å². The van der Waals surface area contributed by atoms with Crippen molar-refractivity contribution in [1.29, 1.82) is 4.78 Å². The summed E-state index contributed by atoms with van der Waals surface area (Å²) in [7, 11) is -2.69. The van der Waals surface area contributed by atoms with Gasteiger partial charge in [0.1, 0.15) is 9.92 Å². The summed E-state index contributed by atoms with van der Waals surface area (Å²) in [6.45, 7) is 4.04. The third-order valence-electron chi connectivity index (χ3n) is 2.66. The topological polar surface area (TPSA) is 68.2 Å². The molecule has 1 aliphatic heterocycles. The summed E-state index contributed by atoms with van der Waals surface area (Å²) in [4.78, 5) is 2.31. The molecular weight excluding hydrogens is 236 g/mol. The molecule has 5 nitrogen and oxygen atoms in total. The number of hydrogen-bond donors (Lipinski definition) is 3. The lowest BCUT2D eigenvalue weighted by Gasteiger charge is -2.29. The van der Waals surface area contributed by atoms with Crippen LogP contribution < -0.4 is 14.9 Å². The van der Waals surface area contributed by atoms with Gasteiger partial charge >= 0.3 is 0 Å². The van der Waals surface area contributed by atoms with Gasteiger partial charge in [0.2, 0.25) is 0 Å². The third-order valence-corrected chi connectivity index (χ3v) is 3.29. The molecule has 3 N–H and O–H groups in total. The molecule has 0 amide bonds. The van der Waals surface area contributed by atoms with E-state index in [1.165, 1.54) is 11.9 Å². The zero-order valence-corrected chi connectivity index (χ0v) is 10.7. The van der Waals surface area contributed by atoms with Crippen molar-refractivity contribution in [3.63, 3.8) is 0 Å². The predicted octanol–water partition coefficient (Wildman–Crippen LogP) is 1.10. The molecule has 0 radical (unpaired) electrons. The maximum absolute atomic E-state index is 11.3. The van der Waals surface area contributed by atoms with Gasteiger partial charge in [-0.3, -0.25) is 4.72 Å². The van der Waals surface area contributed by atoms with E-state index >= 15 is 0 Å². The SMILES string of the molecule is CS(=N)(=O)Nc1ccc(N2CCNCC2)cc1. The number of nitrogens with zero attached hydrogens (tertiary/aromatic N) is 1. The van der Waals surface area contributed by atoms with Crippen molar-refractivity contribution in [2.45, 2.75) is 0 Å². The monoisotopic (exact) mass is 254 g/mol. The molecule has 1 aromatic rings. The molecule has 1 fully saturated rings. The summed E-state index contributed by atoms with van der Waals surface area (Å²) in [5.74, 6) is 0. The zero-order chi connectivity index (χ0) is 12.3. The standard InChI is InChI=1S/C11H18N4OS/c1-17(12,16)14-10-2-4-11(5-3-10)15-8-6-13-7-9-15/h2-5,13H,6-9H2,1H3,(H2,12,14,16). The van der Waals surface area contributed by atoms with E-state index in [1.807, 2.05) is 24.3 Å². The Kier molecular flexibility index (Phi) is 3.54. The fraction of sp³-hybridized carbons (Fsp3) is 0.455. The molecular formula is C11H18N4OS. The number of rotatable bonds is 3. The van der Waals surface area contributed by atoms with Crippen LogP contribution in [-0.4, -0.2) is 36.6 Å². The van der Waals surface area contributed by atoms with Gasteiger partial charge in [-0.1, -0.05) is 0 Å². The summed E-state index contributed by atoms with van der Waals surface area (Å²) in [5, 5.41) is 3.31. The van der Waals surface area contributed by atoms with Gasteiger partial charge in [0, 0.05) is 43.8 Å². The second kappa shape index (κ2) is 4.93. The molecule has 94 valence electrons. The molecule has 6 heteroatoms. The van der Waals surface area contributed by atoms with Gasteiger partial charge in [0.05, 0.1) is 0 Å². The summed E-state index contributed by atoms with van der Waals surface area (Å²) in [5.41, 5.74) is 1.90. The van der Waals surface area contributed by atoms with Crippen molar-refractivity contribution in [3.8, 4) is 0 Å². The molecule has 1 saturated heterocycles. The summed E-state index contributed by atoms with van der Waals surface area (Å²) >= 11 is 0. The summed E-state index contributed by atoms with van der Waals surface area (Å²) < 4.78 is 21.3. The first-order valence-corrected chi connectivity index (χ1v) is 7.58. The number of benzene rings is 1. The second-order valence-electron chi connectivity index (χ2n) is 4.23. The van der Waals surface area contributed by atoms with Crippen LogP contribution in [0.4, 0.5) is 11.4 Å². The molecule has 0 spiro atoms. The first-order valence-electron chi connectivity index (χ1n) is 5.62. The Morgan fingerprint density at radius 1 is 1.29 bits per heavy atom. The average molecular weight is 254 g/mol. The van der Waals surface area contributed by atoms with Crippen molar-refractivity contribution in [3.05, 3.63) is 24.3 Å². The van der Waals surface area contributed by atoms with Crippen LogP contribution in [0.15, 0.2) is 24.3 Å². The lowest BCUT2D eigenvalue weighted by molar-refractivity contribution is 0.589. The highest BCUT2D eigenvalue weighted by Gasteiger charge is 2.09. The zero-order valence-electron chi connectivity index (χ0n) is 9.90. The molecule has 0 aromatic heterocycles. The largest absolute Gasteiger partial charge is 0.369 e. The van der Waals surface area contributed by atoms with Crippen LogP contribution in [0, 0.1) is 4.78 Å². The van der Waals surface area contributed by atoms with E-state index in [0.717, 1.165) is 31.9 Å². The van der Waals surface area contributed by atoms with E-state index in [1.54, 1.807) is 0 Å². The molecule has 1 unspecified atom stereocenters. The van der Waals surface area contributed by atoms with Crippen LogP contribution in [0.5, 0.6) is 0 Å². The first-order chi connectivity index (χ1) is 8.04. The normalized spacial score (nSPS) is 19.7. The molecule has 1 aromatic carbocycles. The second-order valence-corrected chi connectivity index (χ2v) is 6.12. The van der Waals surface area contributed by atoms with Gasteiger partial charge in [0.25, 0.3) is 0 Å². The number of nitrogens with one attached hydrogen (secondary N) is 3. The predicted molar refractivity (Wildman–Crippen MR) is 71.9 cm³/mol. The minimum Gasteiger partial charge on any atom is -0.369 e. The fourth-order valence-electron chi connectivity index (χ4n) is 1.89. The van der Waals surface area contributed by atoms with E-state index in [4.69, 9.17) is 4.78 Å². The van der Waals surface area contributed by atoms with E-state index in [-0.39, 0.29) is 0 Å². The molecule has 1 atom stereocenters.